The van der Waals surface area contributed by atoms with E-state index in [4.69, 9.17) is 10.5 Å². The molecule has 1 aliphatic heterocycles. The highest BCUT2D eigenvalue weighted by Gasteiger charge is 2.24. The van der Waals surface area contributed by atoms with Crippen LogP contribution in [-0.2, 0) is 0 Å². The summed E-state index contributed by atoms with van der Waals surface area (Å²) in [6, 6.07) is 14.1. The van der Waals surface area contributed by atoms with Crippen molar-refractivity contribution in [2.45, 2.75) is 6.04 Å². The fraction of sp³-hybridized carbons (Fsp3) is 0.118. The van der Waals surface area contributed by atoms with Gasteiger partial charge in [0.2, 0.25) is 0 Å². The molecule has 0 spiro atoms. The monoisotopic (exact) mass is 295 g/mol. The second kappa shape index (κ2) is 4.87. The lowest BCUT2D eigenvalue weighted by Gasteiger charge is -2.13. The number of hydrogen-bond donors (Lipinski definition) is 2. The molecular formula is C17H14FN3O. The fourth-order valence-corrected chi connectivity index (χ4v) is 2.71. The van der Waals surface area contributed by atoms with Crippen molar-refractivity contribution in [3.63, 3.8) is 0 Å². The number of nitrogen functional groups attached to an aromatic ring is 1. The lowest BCUT2D eigenvalue weighted by atomic mass is 10.1. The topological polar surface area (TPSA) is 60.2 Å². The first kappa shape index (κ1) is 12.9. The summed E-state index contributed by atoms with van der Waals surface area (Å²) in [5, 5.41) is 4.33. The van der Waals surface area contributed by atoms with Crippen LogP contribution in [0.25, 0.3) is 10.9 Å². The van der Waals surface area contributed by atoms with Crippen molar-refractivity contribution in [3.8, 4) is 5.75 Å². The van der Waals surface area contributed by atoms with Gasteiger partial charge in [-0.15, -0.1) is 0 Å². The van der Waals surface area contributed by atoms with Crippen molar-refractivity contribution < 1.29 is 9.13 Å². The fourth-order valence-electron chi connectivity index (χ4n) is 2.71. The first-order valence-corrected chi connectivity index (χ1v) is 7.04. The third kappa shape index (κ3) is 2.20. The van der Waals surface area contributed by atoms with Gasteiger partial charge in [-0.3, -0.25) is 0 Å². The molecule has 3 N–H and O–H groups in total. The van der Waals surface area contributed by atoms with Gasteiger partial charge >= 0.3 is 0 Å². The first-order chi connectivity index (χ1) is 10.7. The van der Waals surface area contributed by atoms with Gasteiger partial charge in [0.25, 0.3) is 0 Å². The zero-order chi connectivity index (χ0) is 15.1. The molecule has 0 amide bonds. The summed E-state index contributed by atoms with van der Waals surface area (Å²) < 4.78 is 18.7. The van der Waals surface area contributed by atoms with E-state index in [9.17, 15) is 4.39 Å². The first-order valence-electron chi connectivity index (χ1n) is 7.04. The molecule has 1 aliphatic rings. The maximum Gasteiger partial charge on any atom is 0.127 e. The SMILES string of the molecule is Nc1ccc2nc(NC3COc4cc(F)ccc43)ccc2c1. The van der Waals surface area contributed by atoms with Gasteiger partial charge in [0.05, 0.1) is 11.6 Å². The molecule has 2 heterocycles. The van der Waals surface area contributed by atoms with Gasteiger partial charge in [-0.05, 0) is 36.4 Å². The van der Waals surface area contributed by atoms with Crippen molar-refractivity contribution in [2.75, 3.05) is 17.7 Å². The van der Waals surface area contributed by atoms with Gasteiger partial charge in [0.1, 0.15) is 24.0 Å². The normalized spacial score (nSPS) is 16.3. The van der Waals surface area contributed by atoms with E-state index in [2.05, 4.69) is 10.3 Å². The quantitative estimate of drug-likeness (QED) is 0.710. The van der Waals surface area contributed by atoms with Gasteiger partial charge in [-0.25, -0.2) is 9.37 Å². The molecule has 0 saturated carbocycles. The Kier molecular flexibility index (Phi) is 2.85. The van der Waals surface area contributed by atoms with Gasteiger partial charge in [0.15, 0.2) is 0 Å². The standard InChI is InChI=1S/C17H14FN3O/c18-11-2-4-13-15(9-22-16(13)8-11)21-17-6-1-10-7-12(19)3-5-14(10)20-17/h1-8,15H,9,19H2,(H,20,21). The Morgan fingerprint density at radius 1 is 1.14 bits per heavy atom. The van der Waals surface area contributed by atoms with Crippen LogP contribution in [0.3, 0.4) is 0 Å². The van der Waals surface area contributed by atoms with Crippen molar-refractivity contribution >= 4 is 22.4 Å². The number of nitrogens with two attached hydrogens (primary N) is 1. The maximum absolute atomic E-state index is 13.2. The Hall–Kier alpha value is -2.82. The molecule has 0 fully saturated rings. The van der Waals surface area contributed by atoms with Gasteiger partial charge in [-0.1, -0.05) is 6.07 Å². The summed E-state index contributed by atoms with van der Waals surface area (Å²) in [5.41, 5.74) is 8.30. The minimum absolute atomic E-state index is 0.0330. The summed E-state index contributed by atoms with van der Waals surface area (Å²) >= 11 is 0. The number of hydrogen-bond acceptors (Lipinski definition) is 4. The Bertz CT molecular complexity index is 866. The van der Waals surface area contributed by atoms with E-state index >= 15 is 0 Å². The van der Waals surface area contributed by atoms with E-state index in [-0.39, 0.29) is 11.9 Å². The molecule has 4 nitrogen and oxygen atoms in total. The molecule has 5 heteroatoms. The third-order valence-electron chi connectivity index (χ3n) is 3.79. The van der Waals surface area contributed by atoms with Crippen LogP contribution in [0.2, 0.25) is 0 Å². The van der Waals surface area contributed by atoms with Crippen molar-refractivity contribution in [1.29, 1.82) is 0 Å². The summed E-state index contributed by atoms with van der Waals surface area (Å²) in [6.45, 7) is 0.459. The molecule has 3 aromatic rings. The number of ether oxygens (including phenoxy) is 1. The molecule has 2 aromatic carbocycles. The lowest BCUT2D eigenvalue weighted by molar-refractivity contribution is 0.338. The predicted octanol–water partition coefficient (Wildman–Crippen LogP) is 3.50. The maximum atomic E-state index is 13.2. The number of fused-ring (bicyclic) bond motifs is 2. The zero-order valence-electron chi connectivity index (χ0n) is 11.7. The highest BCUT2D eigenvalue weighted by Crippen LogP contribution is 2.34. The number of halogens is 1. The van der Waals surface area contributed by atoms with E-state index in [1.165, 1.54) is 12.1 Å². The second-order valence-corrected chi connectivity index (χ2v) is 5.34. The van der Waals surface area contributed by atoms with Crippen molar-refractivity contribution in [3.05, 3.63) is 59.9 Å². The second-order valence-electron chi connectivity index (χ2n) is 5.34. The number of benzene rings is 2. The highest BCUT2D eigenvalue weighted by molar-refractivity contribution is 5.83. The van der Waals surface area contributed by atoms with Crippen LogP contribution in [-0.4, -0.2) is 11.6 Å². The summed E-state index contributed by atoms with van der Waals surface area (Å²) in [7, 11) is 0. The lowest BCUT2D eigenvalue weighted by Crippen LogP contribution is -2.12. The third-order valence-corrected chi connectivity index (χ3v) is 3.79. The Morgan fingerprint density at radius 3 is 2.95 bits per heavy atom. The van der Waals surface area contributed by atoms with Gasteiger partial charge < -0.3 is 15.8 Å². The number of nitrogens with one attached hydrogen (secondary N) is 1. The van der Waals surface area contributed by atoms with Crippen LogP contribution < -0.4 is 15.8 Å². The predicted molar refractivity (Wildman–Crippen MR) is 84.4 cm³/mol. The number of aromatic nitrogens is 1. The van der Waals surface area contributed by atoms with Crippen molar-refractivity contribution in [1.82, 2.24) is 4.98 Å². The number of nitrogens with zero attached hydrogens (tertiary/aromatic N) is 1. The van der Waals surface area contributed by atoms with E-state index < -0.39 is 0 Å². The molecule has 4 rings (SSSR count). The van der Waals surface area contributed by atoms with Crippen LogP contribution in [0.15, 0.2) is 48.5 Å². The van der Waals surface area contributed by atoms with Crippen LogP contribution in [0.5, 0.6) is 5.75 Å². The van der Waals surface area contributed by atoms with Crippen molar-refractivity contribution in [2.24, 2.45) is 0 Å². The number of rotatable bonds is 2. The van der Waals surface area contributed by atoms with E-state index in [1.807, 2.05) is 30.3 Å². The molecule has 0 aliphatic carbocycles. The van der Waals surface area contributed by atoms with Crippen LogP contribution in [0.4, 0.5) is 15.9 Å². The zero-order valence-corrected chi connectivity index (χ0v) is 11.7. The van der Waals surface area contributed by atoms with Gasteiger partial charge in [0, 0.05) is 22.7 Å². The molecule has 110 valence electrons. The number of anilines is 2. The Labute approximate surface area is 126 Å². The molecule has 0 bridgehead atoms. The molecule has 0 saturated heterocycles. The van der Waals surface area contributed by atoms with E-state index in [1.54, 1.807) is 6.07 Å². The Balaban J connectivity index is 1.64. The molecule has 1 atom stereocenters. The molecular weight excluding hydrogens is 281 g/mol. The minimum atomic E-state index is -0.291. The van der Waals surface area contributed by atoms with Crippen LogP contribution in [0, 0.1) is 5.82 Å². The van der Waals surface area contributed by atoms with E-state index in [0.29, 0.717) is 12.4 Å². The van der Waals surface area contributed by atoms with Gasteiger partial charge in [-0.2, -0.15) is 0 Å². The molecule has 0 radical (unpaired) electrons. The summed E-state index contributed by atoms with van der Waals surface area (Å²) in [4.78, 5) is 4.57. The number of pyridine rings is 1. The largest absolute Gasteiger partial charge is 0.491 e. The van der Waals surface area contributed by atoms with Crippen LogP contribution in [0.1, 0.15) is 11.6 Å². The van der Waals surface area contributed by atoms with Crippen LogP contribution >= 0.6 is 0 Å². The molecule has 1 aromatic heterocycles. The highest BCUT2D eigenvalue weighted by atomic mass is 19.1. The average Bonchev–Trinajstić information content (AvgIpc) is 2.89. The molecule has 22 heavy (non-hydrogen) atoms. The molecule has 1 unspecified atom stereocenters. The minimum Gasteiger partial charge on any atom is -0.491 e. The van der Waals surface area contributed by atoms with E-state index in [0.717, 1.165) is 28.0 Å². The smallest absolute Gasteiger partial charge is 0.127 e. The summed E-state index contributed by atoms with van der Waals surface area (Å²) in [6.07, 6.45) is 0. The summed E-state index contributed by atoms with van der Waals surface area (Å²) in [5.74, 6) is 1.05. The average molecular weight is 295 g/mol. The Morgan fingerprint density at radius 2 is 2.05 bits per heavy atom.